The van der Waals surface area contributed by atoms with Crippen molar-refractivity contribution in [3.8, 4) is 6.07 Å². The van der Waals surface area contributed by atoms with E-state index in [2.05, 4.69) is 26.7 Å². The number of aryl methyl sites for hydroxylation is 1. The zero-order chi connectivity index (χ0) is 13.5. The van der Waals surface area contributed by atoms with Gasteiger partial charge in [0, 0.05) is 18.3 Å². The molecule has 1 aromatic carbocycles. The molecule has 0 spiro atoms. The van der Waals surface area contributed by atoms with Crippen molar-refractivity contribution in [3.05, 3.63) is 42.2 Å². The van der Waals surface area contributed by atoms with Gasteiger partial charge < -0.3 is 10.6 Å². The summed E-state index contributed by atoms with van der Waals surface area (Å²) in [4.78, 5) is 8.61. The Kier molecular flexibility index (Phi) is 4.29. The first-order chi connectivity index (χ1) is 9.28. The number of nitrogens with zero attached hydrogens (tertiary/aromatic N) is 3. The van der Waals surface area contributed by atoms with Crippen LogP contribution in [-0.4, -0.2) is 16.5 Å². The highest BCUT2D eigenvalue weighted by Gasteiger charge is 2.01. The van der Waals surface area contributed by atoms with Gasteiger partial charge in [-0.1, -0.05) is 18.2 Å². The van der Waals surface area contributed by atoms with Crippen LogP contribution in [-0.2, 0) is 0 Å². The Balaban J connectivity index is 2.10. The first kappa shape index (κ1) is 12.8. The molecule has 0 unspecified atom stereocenters. The van der Waals surface area contributed by atoms with Crippen LogP contribution in [0, 0.1) is 18.3 Å². The van der Waals surface area contributed by atoms with Crippen LogP contribution in [0.2, 0.25) is 0 Å². The second-order valence-corrected chi connectivity index (χ2v) is 4.01. The van der Waals surface area contributed by atoms with Gasteiger partial charge in [-0.3, -0.25) is 0 Å². The maximum atomic E-state index is 8.51. The minimum atomic E-state index is 0.449. The second kappa shape index (κ2) is 6.36. The number of hydrogen-bond acceptors (Lipinski definition) is 5. The van der Waals surface area contributed by atoms with Crippen LogP contribution in [0.5, 0.6) is 0 Å². The largest absolute Gasteiger partial charge is 0.369 e. The first-order valence-corrected chi connectivity index (χ1v) is 6.06. The highest BCUT2D eigenvalue weighted by molar-refractivity contribution is 5.58. The summed E-state index contributed by atoms with van der Waals surface area (Å²) in [6.45, 7) is 2.42. The number of aromatic nitrogens is 2. The molecule has 0 saturated carbocycles. The molecule has 5 heteroatoms. The van der Waals surface area contributed by atoms with Crippen molar-refractivity contribution < 1.29 is 0 Å². The minimum absolute atomic E-state index is 0.449. The average molecular weight is 253 g/mol. The van der Waals surface area contributed by atoms with E-state index in [4.69, 9.17) is 5.26 Å². The van der Waals surface area contributed by atoms with E-state index < -0.39 is 0 Å². The number of para-hydroxylation sites is 1. The normalized spacial score (nSPS) is 9.68. The van der Waals surface area contributed by atoms with Crippen molar-refractivity contribution in [2.45, 2.75) is 13.3 Å². The van der Waals surface area contributed by atoms with Crippen molar-refractivity contribution in [2.24, 2.45) is 0 Å². The summed E-state index contributed by atoms with van der Waals surface area (Å²) in [5, 5.41) is 14.8. The molecule has 19 heavy (non-hydrogen) atoms. The van der Waals surface area contributed by atoms with E-state index in [1.165, 1.54) is 0 Å². The average Bonchev–Trinajstić information content (AvgIpc) is 2.39. The molecule has 0 aliphatic heterocycles. The molecule has 2 rings (SSSR count). The van der Waals surface area contributed by atoms with Gasteiger partial charge in [0.25, 0.3) is 0 Å². The van der Waals surface area contributed by atoms with Crippen molar-refractivity contribution in [1.82, 2.24) is 9.97 Å². The lowest BCUT2D eigenvalue weighted by atomic mass is 10.3. The van der Waals surface area contributed by atoms with E-state index in [-0.39, 0.29) is 0 Å². The topological polar surface area (TPSA) is 73.6 Å². The maximum absolute atomic E-state index is 8.51. The molecule has 1 heterocycles. The SMILES string of the molecule is Cc1nc(NCCC#N)cc(Nc2ccccc2)n1. The second-order valence-electron chi connectivity index (χ2n) is 4.01. The van der Waals surface area contributed by atoms with E-state index in [1.54, 1.807) is 0 Å². The number of anilines is 3. The van der Waals surface area contributed by atoms with E-state index >= 15 is 0 Å². The predicted octanol–water partition coefficient (Wildman–Crippen LogP) is 2.85. The van der Waals surface area contributed by atoms with Crippen molar-refractivity contribution in [2.75, 3.05) is 17.2 Å². The minimum Gasteiger partial charge on any atom is -0.369 e. The number of hydrogen-bond donors (Lipinski definition) is 2. The smallest absolute Gasteiger partial charge is 0.136 e. The van der Waals surface area contributed by atoms with E-state index in [0.717, 1.165) is 17.3 Å². The molecular weight excluding hydrogens is 238 g/mol. The van der Waals surface area contributed by atoms with Crippen LogP contribution >= 0.6 is 0 Å². The number of benzene rings is 1. The van der Waals surface area contributed by atoms with Gasteiger partial charge in [0.2, 0.25) is 0 Å². The number of nitriles is 1. The molecule has 0 aliphatic carbocycles. The van der Waals surface area contributed by atoms with Crippen molar-refractivity contribution in [3.63, 3.8) is 0 Å². The molecule has 2 N–H and O–H groups in total. The summed E-state index contributed by atoms with van der Waals surface area (Å²) in [6, 6.07) is 13.7. The quantitative estimate of drug-likeness (QED) is 0.801. The van der Waals surface area contributed by atoms with Crippen LogP contribution in [0.25, 0.3) is 0 Å². The Morgan fingerprint density at radius 2 is 1.89 bits per heavy atom. The zero-order valence-corrected chi connectivity index (χ0v) is 10.7. The predicted molar refractivity (Wildman–Crippen MR) is 75.2 cm³/mol. The lowest BCUT2D eigenvalue weighted by Gasteiger charge is -2.09. The van der Waals surface area contributed by atoms with Crippen LogP contribution in [0.4, 0.5) is 17.3 Å². The van der Waals surface area contributed by atoms with Gasteiger partial charge in [0.15, 0.2) is 0 Å². The van der Waals surface area contributed by atoms with Gasteiger partial charge in [0.05, 0.1) is 12.5 Å². The Morgan fingerprint density at radius 1 is 1.16 bits per heavy atom. The molecule has 5 nitrogen and oxygen atoms in total. The Hall–Kier alpha value is -2.61. The molecule has 0 radical (unpaired) electrons. The zero-order valence-electron chi connectivity index (χ0n) is 10.7. The summed E-state index contributed by atoms with van der Waals surface area (Å²) in [5.74, 6) is 2.14. The highest BCUT2D eigenvalue weighted by atomic mass is 15.1. The molecule has 1 aromatic heterocycles. The standard InChI is InChI=1S/C14H15N5/c1-11-17-13(16-9-5-8-15)10-14(18-11)19-12-6-3-2-4-7-12/h2-4,6-7,10H,5,9H2,1H3,(H2,16,17,18,19). The van der Waals surface area contributed by atoms with Gasteiger partial charge in [-0.05, 0) is 19.1 Å². The van der Waals surface area contributed by atoms with Crippen LogP contribution in [0.3, 0.4) is 0 Å². The molecule has 0 saturated heterocycles. The van der Waals surface area contributed by atoms with Gasteiger partial charge in [0.1, 0.15) is 17.5 Å². The van der Waals surface area contributed by atoms with Crippen LogP contribution < -0.4 is 10.6 Å². The van der Waals surface area contributed by atoms with E-state index in [9.17, 15) is 0 Å². The summed E-state index contributed by atoms with van der Waals surface area (Å²) in [5.41, 5.74) is 0.976. The fourth-order valence-corrected chi connectivity index (χ4v) is 1.64. The Bertz CT molecular complexity index is 574. The summed E-state index contributed by atoms with van der Waals surface area (Å²) < 4.78 is 0. The monoisotopic (exact) mass is 253 g/mol. The third-order valence-corrected chi connectivity index (χ3v) is 2.43. The lowest BCUT2D eigenvalue weighted by Crippen LogP contribution is -2.05. The summed E-state index contributed by atoms with van der Waals surface area (Å²) in [7, 11) is 0. The molecule has 0 aliphatic rings. The van der Waals surface area contributed by atoms with Crippen LogP contribution in [0.1, 0.15) is 12.2 Å². The fourth-order valence-electron chi connectivity index (χ4n) is 1.64. The van der Waals surface area contributed by atoms with Gasteiger partial charge in [-0.2, -0.15) is 5.26 Å². The number of nitrogens with one attached hydrogen (secondary N) is 2. The van der Waals surface area contributed by atoms with E-state index in [0.29, 0.717) is 18.8 Å². The third-order valence-electron chi connectivity index (χ3n) is 2.43. The molecule has 0 amide bonds. The first-order valence-electron chi connectivity index (χ1n) is 6.06. The fraction of sp³-hybridized carbons (Fsp3) is 0.214. The molecule has 2 aromatic rings. The Morgan fingerprint density at radius 3 is 2.63 bits per heavy atom. The van der Waals surface area contributed by atoms with Crippen molar-refractivity contribution in [1.29, 1.82) is 5.26 Å². The number of rotatable bonds is 5. The Labute approximate surface area is 112 Å². The third kappa shape index (κ3) is 3.96. The molecule has 0 fully saturated rings. The van der Waals surface area contributed by atoms with Gasteiger partial charge in [-0.25, -0.2) is 9.97 Å². The summed E-state index contributed by atoms with van der Waals surface area (Å²) >= 11 is 0. The van der Waals surface area contributed by atoms with E-state index in [1.807, 2.05) is 43.3 Å². The highest BCUT2D eigenvalue weighted by Crippen LogP contribution is 2.16. The molecule has 0 bridgehead atoms. The lowest BCUT2D eigenvalue weighted by molar-refractivity contribution is 1.01. The van der Waals surface area contributed by atoms with Crippen LogP contribution in [0.15, 0.2) is 36.4 Å². The van der Waals surface area contributed by atoms with Gasteiger partial charge in [-0.15, -0.1) is 0 Å². The summed E-state index contributed by atoms with van der Waals surface area (Å²) in [6.07, 6.45) is 0.449. The molecular formula is C14H15N5. The van der Waals surface area contributed by atoms with Gasteiger partial charge >= 0.3 is 0 Å². The van der Waals surface area contributed by atoms with Crippen molar-refractivity contribution >= 4 is 17.3 Å². The maximum Gasteiger partial charge on any atom is 0.136 e. The molecule has 96 valence electrons. The molecule has 0 atom stereocenters.